The molecular weight excluding hydrogens is 392 g/mol. The zero-order chi connectivity index (χ0) is 21.1. The molecule has 1 aliphatic rings. The zero-order valence-corrected chi connectivity index (χ0v) is 17.5. The number of Topliss-reactive ketones (excluding diaryl/α,β-unsaturated/α-hetero) is 1. The lowest BCUT2D eigenvalue weighted by Crippen LogP contribution is -2.37. The van der Waals surface area contributed by atoms with Gasteiger partial charge in [0.05, 0.1) is 4.90 Å². The van der Waals surface area contributed by atoms with Gasteiger partial charge in [-0.15, -0.1) is 0 Å². The zero-order valence-electron chi connectivity index (χ0n) is 16.6. The van der Waals surface area contributed by atoms with Gasteiger partial charge in [-0.2, -0.15) is 0 Å². The molecular formula is C21H22N2O5S. The minimum Gasteiger partial charge on any atom is -0.481 e. The molecule has 0 saturated carbocycles. The van der Waals surface area contributed by atoms with Gasteiger partial charge in [0.15, 0.2) is 21.7 Å². The molecule has 8 heteroatoms. The number of carbonyl (C=O) groups is 1. The van der Waals surface area contributed by atoms with Crippen LogP contribution >= 0.6 is 0 Å². The quantitative estimate of drug-likeness (QED) is 0.710. The number of benzene rings is 1. The summed E-state index contributed by atoms with van der Waals surface area (Å²) in [5, 5.41) is 0.669. The molecule has 0 amide bonds. The first-order valence-electron chi connectivity index (χ1n) is 9.31. The molecule has 1 atom stereocenters. The Morgan fingerprint density at radius 2 is 1.93 bits per heavy atom. The highest BCUT2D eigenvalue weighted by Crippen LogP contribution is 2.42. The summed E-state index contributed by atoms with van der Waals surface area (Å²) < 4.78 is 32.2. The molecule has 0 radical (unpaired) electrons. The van der Waals surface area contributed by atoms with E-state index in [4.69, 9.17) is 4.74 Å². The normalized spacial score (nSPS) is 16.9. The Hall–Kier alpha value is -2.87. The van der Waals surface area contributed by atoms with E-state index in [9.17, 15) is 18.0 Å². The van der Waals surface area contributed by atoms with E-state index in [1.54, 1.807) is 31.6 Å². The fraction of sp³-hybridized carbons (Fsp3) is 0.333. The van der Waals surface area contributed by atoms with Crippen LogP contribution in [0.15, 0.2) is 40.3 Å². The van der Waals surface area contributed by atoms with Crippen LogP contribution in [0.3, 0.4) is 0 Å². The molecule has 1 unspecified atom stereocenters. The SMILES string of the molecule is CC(C)C1Oc2c(cc(S(C)(=O)=O)cc2-c2cn(C)c(=O)c3[nH]ccc23)CC1=O. The molecule has 0 aliphatic carbocycles. The molecule has 0 fully saturated rings. The van der Waals surface area contributed by atoms with E-state index < -0.39 is 15.9 Å². The number of H-pyrrole nitrogens is 1. The number of nitrogens with zero attached hydrogens (tertiary/aromatic N) is 1. The van der Waals surface area contributed by atoms with Crippen LogP contribution < -0.4 is 10.3 Å². The first kappa shape index (κ1) is 19.4. The van der Waals surface area contributed by atoms with Crippen molar-refractivity contribution in [2.45, 2.75) is 31.3 Å². The van der Waals surface area contributed by atoms with Crippen molar-refractivity contribution in [3.05, 3.63) is 46.5 Å². The Labute approximate surface area is 168 Å². The molecule has 3 heterocycles. The third-order valence-corrected chi connectivity index (χ3v) is 6.38. The van der Waals surface area contributed by atoms with Gasteiger partial charge in [-0.25, -0.2) is 8.42 Å². The first-order chi connectivity index (χ1) is 13.6. The van der Waals surface area contributed by atoms with E-state index in [0.29, 0.717) is 33.3 Å². The number of aryl methyl sites for hydroxylation is 1. The lowest BCUT2D eigenvalue weighted by molar-refractivity contribution is -0.128. The van der Waals surface area contributed by atoms with Gasteiger partial charge in [-0.05, 0) is 24.1 Å². The van der Waals surface area contributed by atoms with Crippen LogP contribution in [0.5, 0.6) is 5.75 Å². The number of hydrogen-bond donors (Lipinski definition) is 1. The second-order valence-corrected chi connectivity index (χ2v) is 9.90. The molecule has 1 N–H and O–H groups in total. The minimum absolute atomic E-state index is 0.0227. The molecule has 1 aliphatic heterocycles. The van der Waals surface area contributed by atoms with E-state index >= 15 is 0 Å². The first-order valence-corrected chi connectivity index (χ1v) is 11.2. The monoisotopic (exact) mass is 414 g/mol. The van der Waals surface area contributed by atoms with Crippen molar-refractivity contribution in [3.63, 3.8) is 0 Å². The number of aromatic amines is 1. The molecule has 0 saturated heterocycles. The average molecular weight is 414 g/mol. The molecule has 29 heavy (non-hydrogen) atoms. The average Bonchev–Trinajstić information content (AvgIpc) is 3.12. The Morgan fingerprint density at radius 1 is 1.21 bits per heavy atom. The van der Waals surface area contributed by atoms with Crippen molar-refractivity contribution >= 4 is 26.5 Å². The number of ether oxygens (including phenoxy) is 1. The Bertz CT molecular complexity index is 1310. The lowest BCUT2D eigenvalue weighted by atomic mass is 9.91. The van der Waals surface area contributed by atoms with Crippen molar-refractivity contribution in [2.24, 2.45) is 13.0 Å². The highest BCUT2D eigenvalue weighted by atomic mass is 32.2. The standard InChI is InChI=1S/C21H22N2O5S/c1-11(2)19-17(24)8-12-7-13(29(4,26)27)9-15(20(12)28-19)16-10-23(3)21(25)18-14(16)5-6-22-18/h5-7,9-11,19,22H,8H2,1-4H3. The lowest BCUT2D eigenvalue weighted by Gasteiger charge is -2.30. The second-order valence-electron chi connectivity index (χ2n) is 7.88. The molecule has 3 aromatic rings. The highest BCUT2D eigenvalue weighted by Gasteiger charge is 2.33. The number of nitrogens with one attached hydrogen (secondary N) is 1. The summed E-state index contributed by atoms with van der Waals surface area (Å²) in [6.45, 7) is 3.82. The second kappa shape index (κ2) is 6.59. The maximum atomic E-state index is 12.6. The Morgan fingerprint density at radius 3 is 2.59 bits per heavy atom. The van der Waals surface area contributed by atoms with Gasteiger partial charge in [0.25, 0.3) is 5.56 Å². The fourth-order valence-electron chi connectivity index (χ4n) is 3.82. The highest BCUT2D eigenvalue weighted by molar-refractivity contribution is 7.90. The van der Waals surface area contributed by atoms with Gasteiger partial charge in [0, 0.05) is 54.2 Å². The van der Waals surface area contributed by atoms with Crippen molar-refractivity contribution in [2.75, 3.05) is 6.26 Å². The third-order valence-electron chi connectivity index (χ3n) is 5.28. The number of ketones is 1. The molecule has 0 spiro atoms. The van der Waals surface area contributed by atoms with E-state index in [1.165, 1.54) is 10.6 Å². The number of carbonyl (C=O) groups excluding carboxylic acids is 1. The summed E-state index contributed by atoms with van der Waals surface area (Å²) in [5.41, 5.74) is 2.01. The number of pyridine rings is 1. The number of sulfone groups is 1. The van der Waals surface area contributed by atoms with Crippen LogP contribution in [0.1, 0.15) is 19.4 Å². The molecule has 2 aromatic heterocycles. The van der Waals surface area contributed by atoms with E-state index in [-0.39, 0.29) is 28.6 Å². The number of fused-ring (bicyclic) bond motifs is 2. The van der Waals surface area contributed by atoms with Gasteiger partial charge in [-0.3, -0.25) is 9.59 Å². The van der Waals surface area contributed by atoms with E-state index in [0.717, 1.165) is 6.26 Å². The number of rotatable bonds is 3. The summed E-state index contributed by atoms with van der Waals surface area (Å²) >= 11 is 0. The van der Waals surface area contributed by atoms with Gasteiger partial charge in [0.2, 0.25) is 0 Å². The fourth-order valence-corrected chi connectivity index (χ4v) is 4.51. The number of aromatic nitrogens is 2. The maximum Gasteiger partial charge on any atom is 0.274 e. The van der Waals surface area contributed by atoms with Crippen LogP contribution in [0.2, 0.25) is 0 Å². The van der Waals surface area contributed by atoms with Crippen LogP contribution in [0.25, 0.3) is 22.0 Å². The molecule has 1 aromatic carbocycles. The summed E-state index contributed by atoms with van der Waals surface area (Å²) in [4.78, 5) is 28.0. The van der Waals surface area contributed by atoms with Crippen LogP contribution in [0, 0.1) is 5.92 Å². The van der Waals surface area contributed by atoms with Gasteiger partial charge in [0.1, 0.15) is 11.3 Å². The van der Waals surface area contributed by atoms with E-state index in [2.05, 4.69) is 4.98 Å². The molecule has 7 nitrogen and oxygen atoms in total. The smallest absolute Gasteiger partial charge is 0.274 e. The Balaban J connectivity index is 2.08. The summed E-state index contributed by atoms with van der Waals surface area (Å²) in [6.07, 6.45) is 3.98. The van der Waals surface area contributed by atoms with Crippen molar-refractivity contribution < 1.29 is 17.9 Å². The van der Waals surface area contributed by atoms with Crippen molar-refractivity contribution in [1.29, 1.82) is 0 Å². The van der Waals surface area contributed by atoms with Crippen LogP contribution in [-0.2, 0) is 28.1 Å². The van der Waals surface area contributed by atoms with Crippen LogP contribution in [-0.4, -0.2) is 36.1 Å². The summed E-state index contributed by atoms with van der Waals surface area (Å²) in [7, 11) is -1.88. The van der Waals surface area contributed by atoms with Gasteiger partial charge < -0.3 is 14.3 Å². The molecule has 152 valence electrons. The predicted molar refractivity (Wildman–Crippen MR) is 110 cm³/mol. The van der Waals surface area contributed by atoms with E-state index in [1.807, 2.05) is 13.8 Å². The minimum atomic E-state index is -3.52. The molecule has 4 rings (SSSR count). The Kier molecular flexibility index (Phi) is 4.42. The summed E-state index contributed by atoms with van der Waals surface area (Å²) in [6, 6.07) is 4.85. The topological polar surface area (TPSA) is 98.2 Å². The number of hydrogen-bond acceptors (Lipinski definition) is 5. The maximum absolute atomic E-state index is 12.6. The van der Waals surface area contributed by atoms with Crippen molar-refractivity contribution in [3.8, 4) is 16.9 Å². The summed E-state index contributed by atoms with van der Waals surface area (Å²) in [5.74, 6) is 0.402. The van der Waals surface area contributed by atoms with Gasteiger partial charge >= 0.3 is 0 Å². The predicted octanol–water partition coefficient (Wildman–Crippen LogP) is 2.47. The van der Waals surface area contributed by atoms with Crippen molar-refractivity contribution in [1.82, 2.24) is 9.55 Å². The largest absolute Gasteiger partial charge is 0.481 e. The van der Waals surface area contributed by atoms with Gasteiger partial charge in [-0.1, -0.05) is 13.8 Å². The molecule has 0 bridgehead atoms. The van der Waals surface area contributed by atoms with Crippen LogP contribution in [0.4, 0.5) is 0 Å². The third kappa shape index (κ3) is 3.17.